The van der Waals surface area contributed by atoms with Crippen LogP contribution < -0.4 is 15.1 Å². The molecule has 3 aromatic rings. The minimum absolute atomic E-state index is 0.207. The first-order valence-electron chi connectivity index (χ1n) is 9.61. The van der Waals surface area contributed by atoms with E-state index in [1.165, 1.54) is 18.2 Å². The zero-order chi connectivity index (χ0) is 20.1. The number of rotatable bonds is 6. The van der Waals surface area contributed by atoms with Crippen LogP contribution in [0.5, 0.6) is 0 Å². The van der Waals surface area contributed by atoms with E-state index in [1.807, 2.05) is 6.07 Å². The molecule has 0 bridgehead atoms. The van der Waals surface area contributed by atoms with Gasteiger partial charge in [0.25, 0.3) is 0 Å². The Morgan fingerprint density at radius 1 is 0.897 bits per heavy atom. The van der Waals surface area contributed by atoms with Gasteiger partial charge in [-0.2, -0.15) is 10.1 Å². The highest BCUT2D eigenvalue weighted by atomic mass is 19.1. The molecule has 0 atom stereocenters. The van der Waals surface area contributed by atoms with Crippen LogP contribution in [0.2, 0.25) is 0 Å². The van der Waals surface area contributed by atoms with E-state index in [9.17, 15) is 8.78 Å². The number of piperazine rings is 1. The molecule has 1 aliphatic heterocycles. The van der Waals surface area contributed by atoms with Crippen molar-refractivity contribution in [2.24, 2.45) is 0 Å². The Labute approximate surface area is 168 Å². The molecular formula is C21H22F2N6. The number of anilines is 3. The summed E-state index contributed by atoms with van der Waals surface area (Å²) in [7, 11) is 0. The molecule has 6 nitrogen and oxygen atoms in total. The van der Waals surface area contributed by atoms with Crippen LogP contribution >= 0.6 is 0 Å². The van der Waals surface area contributed by atoms with Crippen LogP contribution in [0, 0.1) is 11.6 Å². The van der Waals surface area contributed by atoms with Crippen LogP contribution in [0.15, 0.2) is 54.7 Å². The third kappa shape index (κ3) is 4.77. The average molecular weight is 396 g/mol. The van der Waals surface area contributed by atoms with E-state index in [4.69, 9.17) is 0 Å². The summed E-state index contributed by atoms with van der Waals surface area (Å²) < 4.78 is 26.8. The standard InChI is InChI=1S/C21H22F2N6/c22-17-5-7-18(8-6-17)28-11-13-29(14-12-28)20-15-25-27-21(26-20)24-10-9-16-3-1-2-4-19(16)23/h1-8,15H,9-14H2,(H,24,26,27). The van der Waals surface area contributed by atoms with Gasteiger partial charge in [-0.1, -0.05) is 18.2 Å². The van der Waals surface area contributed by atoms with Crippen molar-refractivity contribution in [1.29, 1.82) is 0 Å². The van der Waals surface area contributed by atoms with Crippen LogP contribution in [0.4, 0.5) is 26.2 Å². The lowest BCUT2D eigenvalue weighted by Crippen LogP contribution is -2.47. The highest BCUT2D eigenvalue weighted by Crippen LogP contribution is 2.19. The molecule has 4 rings (SSSR count). The highest BCUT2D eigenvalue weighted by molar-refractivity contribution is 5.49. The summed E-state index contributed by atoms with van der Waals surface area (Å²) in [6, 6.07) is 13.3. The molecule has 150 valence electrons. The van der Waals surface area contributed by atoms with Crippen molar-refractivity contribution in [2.75, 3.05) is 47.8 Å². The molecule has 1 aromatic heterocycles. The first-order chi connectivity index (χ1) is 14.2. The summed E-state index contributed by atoms with van der Waals surface area (Å²) in [5.41, 5.74) is 1.67. The number of nitrogens with one attached hydrogen (secondary N) is 1. The third-order valence-electron chi connectivity index (χ3n) is 4.98. The lowest BCUT2D eigenvalue weighted by molar-refractivity contribution is 0.610. The number of benzene rings is 2. The second-order valence-electron chi connectivity index (χ2n) is 6.86. The first-order valence-corrected chi connectivity index (χ1v) is 9.61. The molecule has 29 heavy (non-hydrogen) atoms. The number of aromatic nitrogens is 3. The zero-order valence-electron chi connectivity index (χ0n) is 15.9. The maximum atomic E-state index is 13.7. The summed E-state index contributed by atoms with van der Waals surface area (Å²) >= 11 is 0. The molecule has 1 N–H and O–H groups in total. The molecule has 2 aromatic carbocycles. The van der Waals surface area contributed by atoms with Crippen molar-refractivity contribution in [3.63, 3.8) is 0 Å². The number of nitrogens with zero attached hydrogens (tertiary/aromatic N) is 5. The average Bonchev–Trinajstić information content (AvgIpc) is 2.76. The fraction of sp³-hybridized carbons (Fsp3) is 0.286. The Balaban J connectivity index is 1.32. The molecule has 1 fully saturated rings. The highest BCUT2D eigenvalue weighted by Gasteiger charge is 2.19. The molecule has 0 unspecified atom stereocenters. The molecule has 1 saturated heterocycles. The molecule has 0 saturated carbocycles. The molecule has 0 radical (unpaired) electrons. The molecule has 0 aliphatic carbocycles. The van der Waals surface area contributed by atoms with Crippen LogP contribution in [-0.2, 0) is 6.42 Å². The van der Waals surface area contributed by atoms with Gasteiger partial charge in [0, 0.05) is 38.4 Å². The Bertz CT molecular complexity index is 942. The summed E-state index contributed by atoms with van der Waals surface area (Å²) in [6.45, 7) is 3.71. The molecule has 0 spiro atoms. The van der Waals surface area contributed by atoms with E-state index in [1.54, 1.807) is 30.5 Å². The Kier molecular flexibility index (Phi) is 5.79. The van der Waals surface area contributed by atoms with Gasteiger partial charge in [0.05, 0.1) is 6.20 Å². The second kappa shape index (κ2) is 8.81. The third-order valence-corrected chi connectivity index (χ3v) is 4.98. The number of hydrogen-bond acceptors (Lipinski definition) is 6. The van der Waals surface area contributed by atoms with Gasteiger partial charge < -0.3 is 15.1 Å². The number of hydrogen-bond donors (Lipinski definition) is 1. The van der Waals surface area contributed by atoms with Crippen molar-refractivity contribution < 1.29 is 8.78 Å². The van der Waals surface area contributed by atoms with E-state index >= 15 is 0 Å². The molecule has 2 heterocycles. The molecule has 8 heteroatoms. The predicted molar refractivity (Wildman–Crippen MR) is 109 cm³/mol. The minimum atomic E-state index is -0.227. The first kappa shape index (κ1) is 19.0. The predicted octanol–water partition coefficient (Wildman–Crippen LogP) is 3.13. The Hall–Kier alpha value is -3.29. The Morgan fingerprint density at radius 2 is 1.62 bits per heavy atom. The quantitative estimate of drug-likeness (QED) is 0.691. The summed E-state index contributed by atoms with van der Waals surface area (Å²) in [6.07, 6.45) is 2.19. The van der Waals surface area contributed by atoms with Gasteiger partial charge in [0.1, 0.15) is 11.6 Å². The van der Waals surface area contributed by atoms with Crippen molar-refractivity contribution in [2.45, 2.75) is 6.42 Å². The van der Waals surface area contributed by atoms with Gasteiger partial charge in [0.2, 0.25) is 5.95 Å². The van der Waals surface area contributed by atoms with Gasteiger partial charge in [-0.25, -0.2) is 8.78 Å². The van der Waals surface area contributed by atoms with E-state index in [2.05, 4.69) is 30.3 Å². The molecule has 0 amide bonds. The van der Waals surface area contributed by atoms with Crippen molar-refractivity contribution >= 4 is 17.5 Å². The number of halogens is 2. The smallest absolute Gasteiger partial charge is 0.244 e. The van der Waals surface area contributed by atoms with Crippen LogP contribution in [-0.4, -0.2) is 47.9 Å². The van der Waals surface area contributed by atoms with Crippen molar-refractivity contribution in [1.82, 2.24) is 15.2 Å². The summed E-state index contributed by atoms with van der Waals surface area (Å²) in [4.78, 5) is 8.91. The van der Waals surface area contributed by atoms with Gasteiger partial charge in [-0.05, 0) is 42.3 Å². The van der Waals surface area contributed by atoms with Crippen molar-refractivity contribution in [3.8, 4) is 0 Å². The monoisotopic (exact) mass is 396 g/mol. The van der Waals surface area contributed by atoms with E-state index in [0.29, 0.717) is 24.5 Å². The maximum absolute atomic E-state index is 13.7. The van der Waals surface area contributed by atoms with E-state index < -0.39 is 0 Å². The van der Waals surface area contributed by atoms with Crippen LogP contribution in [0.1, 0.15) is 5.56 Å². The Morgan fingerprint density at radius 3 is 2.38 bits per heavy atom. The SMILES string of the molecule is Fc1ccc(N2CCN(c3cnnc(NCCc4ccccc4F)n3)CC2)cc1. The summed E-state index contributed by atoms with van der Waals surface area (Å²) in [5.74, 6) is 0.752. The maximum Gasteiger partial charge on any atom is 0.244 e. The second-order valence-corrected chi connectivity index (χ2v) is 6.86. The summed E-state index contributed by atoms with van der Waals surface area (Å²) in [5, 5.41) is 11.2. The van der Waals surface area contributed by atoms with Gasteiger partial charge in [-0.15, -0.1) is 5.10 Å². The van der Waals surface area contributed by atoms with Gasteiger partial charge >= 0.3 is 0 Å². The van der Waals surface area contributed by atoms with Crippen molar-refractivity contribution in [3.05, 3.63) is 71.9 Å². The largest absolute Gasteiger partial charge is 0.368 e. The van der Waals surface area contributed by atoms with E-state index in [0.717, 1.165) is 37.7 Å². The zero-order valence-corrected chi connectivity index (χ0v) is 15.9. The lowest BCUT2D eigenvalue weighted by Gasteiger charge is -2.36. The fourth-order valence-electron chi connectivity index (χ4n) is 3.38. The van der Waals surface area contributed by atoms with E-state index in [-0.39, 0.29) is 11.6 Å². The van der Waals surface area contributed by atoms with Gasteiger partial charge in [-0.3, -0.25) is 0 Å². The van der Waals surface area contributed by atoms with Crippen LogP contribution in [0.25, 0.3) is 0 Å². The minimum Gasteiger partial charge on any atom is -0.368 e. The van der Waals surface area contributed by atoms with Crippen LogP contribution in [0.3, 0.4) is 0 Å². The molecular weight excluding hydrogens is 374 g/mol. The normalized spacial score (nSPS) is 14.1. The van der Waals surface area contributed by atoms with Gasteiger partial charge in [0.15, 0.2) is 5.82 Å². The molecule has 1 aliphatic rings. The lowest BCUT2D eigenvalue weighted by atomic mass is 10.1. The topological polar surface area (TPSA) is 57.2 Å². The fourth-order valence-corrected chi connectivity index (χ4v) is 3.38.